The van der Waals surface area contributed by atoms with Crippen LogP contribution in [0.15, 0.2) is 64.8 Å². The van der Waals surface area contributed by atoms with Gasteiger partial charge in [-0.3, -0.25) is 14.2 Å². The van der Waals surface area contributed by atoms with E-state index in [1.165, 1.54) is 11.3 Å². The summed E-state index contributed by atoms with van der Waals surface area (Å²) in [5.74, 6) is 0.850. The molecule has 2 N–H and O–H groups in total. The first-order valence-electron chi connectivity index (χ1n) is 9.55. The van der Waals surface area contributed by atoms with Crippen LogP contribution in [0.3, 0.4) is 0 Å². The van der Waals surface area contributed by atoms with E-state index in [-0.39, 0.29) is 18.5 Å². The number of carbonyl (C=O) groups is 1. The van der Waals surface area contributed by atoms with Gasteiger partial charge in [-0.1, -0.05) is 48.5 Å². The van der Waals surface area contributed by atoms with E-state index in [0.717, 1.165) is 22.4 Å². The number of nitrogens with two attached hydrogens (primary N) is 1. The second kappa shape index (κ2) is 8.51. The van der Waals surface area contributed by atoms with Gasteiger partial charge in [0.05, 0.1) is 12.5 Å². The quantitative estimate of drug-likeness (QED) is 0.496. The van der Waals surface area contributed by atoms with Crippen molar-refractivity contribution in [2.24, 2.45) is 5.73 Å². The van der Waals surface area contributed by atoms with Crippen molar-refractivity contribution >= 4 is 27.5 Å². The molecule has 0 bridgehead atoms. The number of para-hydroxylation sites is 1. The Bertz CT molecular complexity index is 1260. The number of benzene rings is 2. The number of amides is 1. The first-order valence-corrected chi connectivity index (χ1v) is 10.4. The van der Waals surface area contributed by atoms with Gasteiger partial charge in [-0.15, -0.1) is 11.3 Å². The van der Waals surface area contributed by atoms with Gasteiger partial charge >= 0.3 is 0 Å². The number of fused-ring (bicyclic) bond motifs is 1. The number of ether oxygens (including phenoxy) is 1. The first-order chi connectivity index (χ1) is 14.6. The number of hydrogen-bond donors (Lipinski definition) is 1. The molecule has 30 heavy (non-hydrogen) atoms. The highest BCUT2D eigenvalue weighted by molar-refractivity contribution is 7.17. The summed E-state index contributed by atoms with van der Waals surface area (Å²) in [5.41, 5.74) is 7.93. The Morgan fingerprint density at radius 3 is 2.60 bits per heavy atom. The van der Waals surface area contributed by atoms with Crippen LogP contribution in [0.5, 0.6) is 5.75 Å². The van der Waals surface area contributed by atoms with E-state index in [1.54, 1.807) is 11.7 Å². The van der Waals surface area contributed by atoms with E-state index in [4.69, 9.17) is 15.5 Å². The maximum Gasteiger partial charge on any atom is 0.262 e. The predicted molar refractivity (Wildman–Crippen MR) is 119 cm³/mol. The highest BCUT2D eigenvalue weighted by Crippen LogP contribution is 2.31. The molecule has 0 unspecified atom stereocenters. The normalized spacial score (nSPS) is 11.0. The van der Waals surface area contributed by atoms with Crippen molar-refractivity contribution in [2.45, 2.75) is 19.4 Å². The fourth-order valence-electron chi connectivity index (χ4n) is 3.50. The van der Waals surface area contributed by atoms with E-state index in [1.807, 2.05) is 60.0 Å². The van der Waals surface area contributed by atoms with Gasteiger partial charge in [-0.2, -0.15) is 0 Å². The van der Waals surface area contributed by atoms with Gasteiger partial charge in [-0.05, 0) is 11.6 Å². The lowest BCUT2D eigenvalue weighted by molar-refractivity contribution is -0.118. The average molecular weight is 420 g/mol. The van der Waals surface area contributed by atoms with Crippen molar-refractivity contribution in [3.05, 3.63) is 81.7 Å². The van der Waals surface area contributed by atoms with Crippen LogP contribution in [0.4, 0.5) is 0 Å². The van der Waals surface area contributed by atoms with Crippen molar-refractivity contribution in [1.82, 2.24) is 9.55 Å². The van der Waals surface area contributed by atoms with Crippen molar-refractivity contribution in [2.75, 3.05) is 7.11 Å². The number of carbonyl (C=O) groups excluding carboxylic acids is 1. The van der Waals surface area contributed by atoms with Crippen molar-refractivity contribution in [1.29, 1.82) is 0 Å². The lowest BCUT2D eigenvalue weighted by Gasteiger charge is -2.14. The lowest BCUT2D eigenvalue weighted by Crippen LogP contribution is -2.27. The molecule has 4 aromatic rings. The summed E-state index contributed by atoms with van der Waals surface area (Å²) in [5, 5.41) is 2.53. The number of nitrogens with zero attached hydrogens (tertiary/aromatic N) is 2. The van der Waals surface area contributed by atoms with Crippen molar-refractivity contribution < 1.29 is 9.53 Å². The molecule has 0 radical (unpaired) electrons. The molecule has 6 nitrogen and oxygen atoms in total. The molecule has 0 saturated heterocycles. The topological polar surface area (TPSA) is 87.2 Å². The van der Waals surface area contributed by atoms with E-state index >= 15 is 0 Å². The number of primary amides is 1. The van der Waals surface area contributed by atoms with Gasteiger partial charge in [0.1, 0.15) is 16.4 Å². The van der Waals surface area contributed by atoms with Crippen LogP contribution in [0.2, 0.25) is 0 Å². The zero-order valence-electron chi connectivity index (χ0n) is 16.5. The summed E-state index contributed by atoms with van der Waals surface area (Å²) in [7, 11) is 1.61. The highest BCUT2D eigenvalue weighted by Gasteiger charge is 2.18. The third-order valence-corrected chi connectivity index (χ3v) is 5.85. The van der Waals surface area contributed by atoms with Crippen LogP contribution >= 0.6 is 11.3 Å². The Hall–Kier alpha value is -3.45. The van der Waals surface area contributed by atoms with Gasteiger partial charge in [0, 0.05) is 35.9 Å². The summed E-state index contributed by atoms with van der Waals surface area (Å²) >= 11 is 1.44. The maximum atomic E-state index is 13.5. The average Bonchev–Trinajstić information content (AvgIpc) is 3.18. The number of thiophene rings is 1. The third kappa shape index (κ3) is 3.84. The molecule has 0 spiro atoms. The van der Waals surface area contributed by atoms with Crippen LogP contribution in [0, 0.1) is 0 Å². The zero-order chi connectivity index (χ0) is 21.1. The monoisotopic (exact) mass is 419 g/mol. The minimum Gasteiger partial charge on any atom is -0.496 e. The van der Waals surface area contributed by atoms with Crippen molar-refractivity contribution in [3.63, 3.8) is 0 Å². The summed E-state index contributed by atoms with van der Waals surface area (Å²) in [6, 6.07) is 17.4. The van der Waals surface area contributed by atoms with Crippen LogP contribution in [-0.2, 0) is 17.8 Å². The molecule has 0 saturated carbocycles. The number of methoxy groups -OCH3 is 1. The molecule has 0 aliphatic rings. The number of aromatic nitrogens is 2. The van der Waals surface area contributed by atoms with E-state index in [0.29, 0.717) is 22.5 Å². The van der Waals surface area contributed by atoms with E-state index < -0.39 is 5.91 Å². The van der Waals surface area contributed by atoms with Gasteiger partial charge < -0.3 is 10.5 Å². The molecule has 0 aliphatic heterocycles. The Morgan fingerprint density at radius 2 is 1.87 bits per heavy atom. The molecule has 0 aliphatic carbocycles. The van der Waals surface area contributed by atoms with Crippen LogP contribution in [0.1, 0.15) is 17.8 Å². The molecule has 0 atom stereocenters. The third-order valence-electron chi connectivity index (χ3n) is 4.98. The minimum absolute atomic E-state index is 0.0663. The molecule has 1 amide bonds. The molecule has 152 valence electrons. The lowest BCUT2D eigenvalue weighted by atomic mass is 10.1. The summed E-state index contributed by atoms with van der Waals surface area (Å²) in [4.78, 5) is 30.4. The fourth-order valence-corrected chi connectivity index (χ4v) is 4.46. The van der Waals surface area contributed by atoms with E-state index in [2.05, 4.69) is 0 Å². The Morgan fingerprint density at radius 1 is 1.13 bits per heavy atom. The van der Waals surface area contributed by atoms with Gasteiger partial charge in [0.15, 0.2) is 0 Å². The van der Waals surface area contributed by atoms with Gasteiger partial charge in [0.2, 0.25) is 5.91 Å². The Balaban J connectivity index is 1.88. The van der Waals surface area contributed by atoms with E-state index in [9.17, 15) is 9.59 Å². The minimum atomic E-state index is -0.459. The second-order valence-electron chi connectivity index (χ2n) is 6.89. The standard InChI is InChI=1S/C23H21N3O3S/c1-29-18-10-6-5-9-16(18)13-20-25-22-21(23(28)26(20)12-11-19(24)27)17(14-30-22)15-7-3-2-4-8-15/h2-10,14H,11-13H2,1H3,(H2,24,27). The highest BCUT2D eigenvalue weighted by atomic mass is 32.1. The van der Waals surface area contributed by atoms with Crippen LogP contribution in [-0.4, -0.2) is 22.6 Å². The molecule has 7 heteroatoms. The number of rotatable bonds is 7. The molecular formula is C23H21N3O3S. The second-order valence-corrected chi connectivity index (χ2v) is 7.74. The SMILES string of the molecule is COc1ccccc1Cc1nc2scc(-c3ccccc3)c2c(=O)n1CCC(N)=O. The molecule has 2 aromatic carbocycles. The Kier molecular flexibility index (Phi) is 5.63. The Labute approximate surface area is 177 Å². The largest absolute Gasteiger partial charge is 0.496 e. The van der Waals surface area contributed by atoms with Gasteiger partial charge in [0.25, 0.3) is 5.56 Å². The van der Waals surface area contributed by atoms with Gasteiger partial charge in [-0.25, -0.2) is 4.98 Å². The van der Waals surface area contributed by atoms with Crippen molar-refractivity contribution in [3.8, 4) is 16.9 Å². The molecule has 2 aromatic heterocycles. The molecule has 0 fully saturated rings. The summed E-state index contributed by atoms with van der Waals surface area (Å²) in [6.45, 7) is 0.186. The summed E-state index contributed by atoms with van der Waals surface area (Å²) in [6.07, 6.45) is 0.476. The van der Waals surface area contributed by atoms with Crippen LogP contribution in [0.25, 0.3) is 21.3 Å². The first kappa shape index (κ1) is 19.8. The maximum absolute atomic E-state index is 13.5. The fraction of sp³-hybridized carbons (Fsp3) is 0.174. The zero-order valence-corrected chi connectivity index (χ0v) is 17.3. The van der Waals surface area contributed by atoms with Crippen LogP contribution < -0.4 is 16.0 Å². The molecule has 2 heterocycles. The smallest absolute Gasteiger partial charge is 0.262 e. The summed E-state index contributed by atoms with van der Waals surface area (Å²) < 4.78 is 7.02. The number of hydrogen-bond acceptors (Lipinski definition) is 5. The molecule has 4 rings (SSSR count). The predicted octanol–water partition coefficient (Wildman–Crippen LogP) is 3.60. The molecular weight excluding hydrogens is 398 g/mol.